The van der Waals surface area contributed by atoms with Crippen LogP contribution in [0.4, 0.5) is 5.82 Å². The van der Waals surface area contributed by atoms with Gasteiger partial charge in [-0.3, -0.25) is 0 Å². The molecular formula is C8H8BrN3. The Kier molecular flexibility index (Phi) is 3.09. The first-order valence-corrected chi connectivity index (χ1v) is 4.13. The number of nitrogens with zero attached hydrogens (tertiary/aromatic N) is 1. The maximum atomic E-state index is 5.55. The highest BCUT2D eigenvalue weighted by Crippen LogP contribution is 2.13. The third kappa shape index (κ3) is 2.22. The molecule has 0 fully saturated rings. The van der Waals surface area contributed by atoms with Crippen LogP contribution in [0.15, 0.2) is 16.7 Å². The van der Waals surface area contributed by atoms with Crippen LogP contribution in [0.3, 0.4) is 0 Å². The SMILES string of the molecule is NCC#Cc1cc(Br)cnc1N. The second-order valence-corrected chi connectivity index (χ2v) is 3.01. The number of pyridine rings is 1. The molecule has 0 saturated heterocycles. The molecule has 12 heavy (non-hydrogen) atoms. The number of anilines is 1. The summed E-state index contributed by atoms with van der Waals surface area (Å²) >= 11 is 3.27. The van der Waals surface area contributed by atoms with Crippen LogP contribution in [0.1, 0.15) is 5.56 Å². The zero-order valence-corrected chi connectivity index (χ0v) is 7.93. The second kappa shape index (κ2) is 4.10. The number of hydrogen-bond acceptors (Lipinski definition) is 3. The summed E-state index contributed by atoms with van der Waals surface area (Å²) in [7, 11) is 0. The van der Waals surface area contributed by atoms with E-state index < -0.39 is 0 Å². The maximum Gasteiger partial charge on any atom is 0.139 e. The van der Waals surface area contributed by atoms with Crippen LogP contribution in [-0.4, -0.2) is 11.5 Å². The van der Waals surface area contributed by atoms with Crippen LogP contribution < -0.4 is 11.5 Å². The molecule has 4 N–H and O–H groups in total. The lowest BCUT2D eigenvalue weighted by Crippen LogP contribution is -1.96. The third-order valence-electron chi connectivity index (χ3n) is 1.21. The van der Waals surface area contributed by atoms with E-state index in [1.54, 1.807) is 6.20 Å². The first-order valence-electron chi connectivity index (χ1n) is 3.34. The first-order chi connectivity index (χ1) is 5.74. The molecular weight excluding hydrogens is 218 g/mol. The van der Waals surface area contributed by atoms with E-state index >= 15 is 0 Å². The van der Waals surface area contributed by atoms with E-state index in [1.807, 2.05) is 6.07 Å². The van der Waals surface area contributed by atoms with Crippen molar-refractivity contribution in [3.8, 4) is 11.8 Å². The van der Waals surface area contributed by atoms with Crippen molar-refractivity contribution in [1.29, 1.82) is 0 Å². The topological polar surface area (TPSA) is 64.9 Å². The molecule has 1 aromatic rings. The van der Waals surface area contributed by atoms with Crippen molar-refractivity contribution in [2.75, 3.05) is 12.3 Å². The van der Waals surface area contributed by atoms with E-state index in [4.69, 9.17) is 11.5 Å². The zero-order chi connectivity index (χ0) is 8.97. The average Bonchev–Trinajstić information content (AvgIpc) is 2.07. The standard InChI is InChI=1S/C8H8BrN3/c9-7-4-6(2-1-3-10)8(11)12-5-7/h4-5H,3,10H2,(H2,11,12). The Labute approximate surface area is 79.3 Å². The summed E-state index contributed by atoms with van der Waals surface area (Å²) < 4.78 is 0.859. The number of nitrogens with two attached hydrogens (primary N) is 2. The van der Waals surface area contributed by atoms with Gasteiger partial charge < -0.3 is 11.5 Å². The molecule has 62 valence electrons. The predicted molar refractivity (Wildman–Crippen MR) is 52.3 cm³/mol. The molecule has 1 heterocycles. The van der Waals surface area contributed by atoms with Crippen molar-refractivity contribution in [1.82, 2.24) is 4.98 Å². The fourth-order valence-corrected chi connectivity index (χ4v) is 1.03. The Morgan fingerprint density at radius 1 is 1.58 bits per heavy atom. The van der Waals surface area contributed by atoms with Crippen LogP contribution in [-0.2, 0) is 0 Å². The van der Waals surface area contributed by atoms with Gasteiger partial charge in [0.1, 0.15) is 5.82 Å². The molecule has 0 spiro atoms. The number of rotatable bonds is 0. The fourth-order valence-electron chi connectivity index (χ4n) is 0.696. The molecule has 1 rings (SSSR count). The monoisotopic (exact) mass is 225 g/mol. The predicted octanol–water partition coefficient (Wildman–Crippen LogP) is 0.737. The lowest BCUT2D eigenvalue weighted by molar-refractivity contribution is 1.29. The van der Waals surface area contributed by atoms with Crippen LogP contribution in [0.2, 0.25) is 0 Å². The number of nitrogen functional groups attached to an aromatic ring is 1. The molecule has 0 aliphatic rings. The second-order valence-electron chi connectivity index (χ2n) is 2.09. The van der Waals surface area contributed by atoms with E-state index in [0.29, 0.717) is 17.9 Å². The largest absolute Gasteiger partial charge is 0.383 e. The summed E-state index contributed by atoms with van der Waals surface area (Å²) in [4.78, 5) is 3.92. The Morgan fingerprint density at radius 2 is 2.33 bits per heavy atom. The third-order valence-corrected chi connectivity index (χ3v) is 1.64. The minimum absolute atomic E-state index is 0.325. The summed E-state index contributed by atoms with van der Waals surface area (Å²) in [5.74, 6) is 5.96. The van der Waals surface area contributed by atoms with Gasteiger partial charge in [0.05, 0.1) is 12.1 Å². The Hall–Kier alpha value is -1.05. The van der Waals surface area contributed by atoms with Crippen molar-refractivity contribution in [3.63, 3.8) is 0 Å². The Bertz CT molecular complexity index is 338. The molecule has 0 atom stereocenters. The van der Waals surface area contributed by atoms with Gasteiger partial charge in [-0.15, -0.1) is 0 Å². The van der Waals surface area contributed by atoms with Crippen LogP contribution in [0, 0.1) is 11.8 Å². The fraction of sp³-hybridized carbons (Fsp3) is 0.125. The van der Waals surface area contributed by atoms with Gasteiger partial charge in [0.25, 0.3) is 0 Å². The van der Waals surface area contributed by atoms with Gasteiger partial charge >= 0.3 is 0 Å². The van der Waals surface area contributed by atoms with Gasteiger partial charge in [0, 0.05) is 10.7 Å². The molecule has 0 unspecified atom stereocenters. The Balaban J connectivity index is 3.05. The van der Waals surface area contributed by atoms with E-state index in [2.05, 4.69) is 32.8 Å². The molecule has 0 aliphatic carbocycles. The minimum atomic E-state index is 0.325. The molecule has 0 radical (unpaired) electrons. The highest BCUT2D eigenvalue weighted by Gasteiger charge is 1.96. The van der Waals surface area contributed by atoms with Gasteiger partial charge in [-0.05, 0) is 22.0 Å². The van der Waals surface area contributed by atoms with Gasteiger partial charge in [-0.25, -0.2) is 4.98 Å². The molecule has 0 saturated carbocycles. The molecule has 0 aromatic carbocycles. The van der Waals surface area contributed by atoms with E-state index in [0.717, 1.165) is 4.47 Å². The van der Waals surface area contributed by atoms with Gasteiger partial charge in [-0.1, -0.05) is 11.8 Å². The zero-order valence-electron chi connectivity index (χ0n) is 6.34. The number of hydrogen-bond donors (Lipinski definition) is 2. The summed E-state index contributed by atoms with van der Waals surface area (Å²) in [5.41, 5.74) is 11.5. The summed E-state index contributed by atoms with van der Waals surface area (Å²) in [5, 5.41) is 0. The van der Waals surface area contributed by atoms with Crippen LogP contribution in [0.5, 0.6) is 0 Å². The van der Waals surface area contributed by atoms with Crippen LogP contribution >= 0.6 is 15.9 Å². The lowest BCUT2D eigenvalue weighted by atomic mass is 10.2. The van der Waals surface area contributed by atoms with Crippen molar-refractivity contribution in [2.24, 2.45) is 5.73 Å². The van der Waals surface area contributed by atoms with Crippen LogP contribution in [0.25, 0.3) is 0 Å². The van der Waals surface area contributed by atoms with Gasteiger partial charge in [0.15, 0.2) is 0 Å². The summed E-state index contributed by atoms with van der Waals surface area (Å²) in [6.07, 6.45) is 1.63. The van der Waals surface area contributed by atoms with Crippen molar-refractivity contribution in [2.45, 2.75) is 0 Å². The molecule has 1 aromatic heterocycles. The lowest BCUT2D eigenvalue weighted by Gasteiger charge is -1.96. The van der Waals surface area contributed by atoms with Crippen molar-refractivity contribution >= 4 is 21.7 Å². The molecule has 3 nitrogen and oxygen atoms in total. The highest BCUT2D eigenvalue weighted by molar-refractivity contribution is 9.10. The first kappa shape index (κ1) is 9.04. The summed E-state index contributed by atoms with van der Waals surface area (Å²) in [6.45, 7) is 0.325. The quantitative estimate of drug-likeness (QED) is 0.641. The average molecular weight is 226 g/mol. The van der Waals surface area contributed by atoms with E-state index in [9.17, 15) is 0 Å². The van der Waals surface area contributed by atoms with E-state index in [-0.39, 0.29) is 0 Å². The maximum absolute atomic E-state index is 5.55. The Morgan fingerprint density at radius 3 is 3.00 bits per heavy atom. The highest BCUT2D eigenvalue weighted by atomic mass is 79.9. The smallest absolute Gasteiger partial charge is 0.139 e. The number of halogens is 1. The molecule has 4 heteroatoms. The van der Waals surface area contributed by atoms with E-state index in [1.165, 1.54) is 0 Å². The minimum Gasteiger partial charge on any atom is -0.383 e. The normalized spacial score (nSPS) is 8.83. The van der Waals surface area contributed by atoms with Gasteiger partial charge in [-0.2, -0.15) is 0 Å². The molecule has 0 amide bonds. The van der Waals surface area contributed by atoms with Crippen molar-refractivity contribution < 1.29 is 0 Å². The molecule has 0 bridgehead atoms. The number of aromatic nitrogens is 1. The van der Waals surface area contributed by atoms with Crippen molar-refractivity contribution in [3.05, 3.63) is 22.3 Å². The van der Waals surface area contributed by atoms with Gasteiger partial charge in [0.2, 0.25) is 0 Å². The summed E-state index contributed by atoms with van der Waals surface area (Å²) in [6, 6.07) is 1.81. The molecule has 0 aliphatic heterocycles.